The number of alkyl halides is 3. The van der Waals surface area contributed by atoms with Crippen molar-refractivity contribution in [2.75, 3.05) is 5.32 Å². The van der Waals surface area contributed by atoms with Gasteiger partial charge in [0, 0.05) is 17.7 Å². The number of amides is 1. The molecule has 0 saturated carbocycles. The van der Waals surface area contributed by atoms with Gasteiger partial charge in [-0.25, -0.2) is 0 Å². The number of hydrogen-bond donors (Lipinski definition) is 2. The van der Waals surface area contributed by atoms with Crippen molar-refractivity contribution in [2.24, 2.45) is 5.92 Å². The number of nitrogens with one attached hydrogen (secondary N) is 1. The zero-order valence-corrected chi connectivity index (χ0v) is 14.9. The van der Waals surface area contributed by atoms with Crippen molar-refractivity contribution < 1.29 is 27.9 Å². The summed E-state index contributed by atoms with van der Waals surface area (Å²) in [6.07, 6.45) is -6.44. The van der Waals surface area contributed by atoms with Gasteiger partial charge >= 0.3 is 6.18 Å². The molecule has 0 aliphatic carbocycles. The lowest BCUT2D eigenvalue weighted by atomic mass is 9.99. The van der Waals surface area contributed by atoms with Crippen molar-refractivity contribution in [1.82, 2.24) is 0 Å². The van der Waals surface area contributed by atoms with Crippen LogP contribution < -0.4 is 5.32 Å². The van der Waals surface area contributed by atoms with Crippen LogP contribution in [0.3, 0.4) is 0 Å². The van der Waals surface area contributed by atoms with E-state index in [1.54, 1.807) is 30.3 Å². The Labute approximate surface area is 164 Å². The van der Waals surface area contributed by atoms with Gasteiger partial charge < -0.3 is 10.4 Å². The molecular formula is C21H15F3N2O3. The number of nitriles is 1. The lowest BCUT2D eigenvalue weighted by Crippen LogP contribution is -2.30. The van der Waals surface area contributed by atoms with E-state index in [0.29, 0.717) is 5.56 Å². The summed E-state index contributed by atoms with van der Waals surface area (Å²) in [7, 11) is 0. The second-order valence-corrected chi connectivity index (χ2v) is 5.95. The van der Waals surface area contributed by atoms with E-state index < -0.39 is 41.9 Å². The zero-order chi connectivity index (χ0) is 21.4. The monoisotopic (exact) mass is 400 g/mol. The van der Waals surface area contributed by atoms with Crippen LogP contribution in [0.5, 0.6) is 0 Å². The van der Waals surface area contributed by atoms with Gasteiger partial charge in [-0.1, -0.05) is 30.0 Å². The molecule has 5 nitrogen and oxygen atoms in total. The first kappa shape index (κ1) is 21.7. The standard InChI is InChI=1S/C21H15F3N2O3/c22-21(23,24)15-7-9-16(10-8-15)26-20(29)18(13-25)19(28)12-17(27)11-6-14-4-2-1-3-5-14/h1-5,7-10,17-18,27H,12H2,(H,26,29). The summed E-state index contributed by atoms with van der Waals surface area (Å²) in [5.74, 6) is 1.53. The van der Waals surface area contributed by atoms with E-state index in [0.717, 1.165) is 24.3 Å². The second kappa shape index (κ2) is 9.54. The Morgan fingerprint density at radius 3 is 2.24 bits per heavy atom. The highest BCUT2D eigenvalue weighted by atomic mass is 19.4. The van der Waals surface area contributed by atoms with Gasteiger partial charge in [-0.05, 0) is 36.4 Å². The average molecular weight is 400 g/mol. The fourth-order valence-electron chi connectivity index (χ4n) is 2.28. The summed E-state index contributed by atoms with van der Waals surface area (Å²) in [5, 5.41) is 21.2. The van der Waals surface area contributed by atoms with E-state index >= 15 is 0 Å². The molecule has 0 spiro atoms. The first-order valence-electron chi connectivity index (χ1n) is 8.36. The summed E-state index contributed by atoms with van der Waals surface area (Å²) in [5.41, 5.74) is -0.278. The van der Waals surface area contributed by atoms with E-state index in [9.17, 15) is 27.9 Å². The Morgan fingerprint density at radius 2 is 1.69 bits per heavy atom. The molecule has 0 fully saturated rings. The fourth-order valence-corrected chi connectivity index (χ4v) is 2.28. The van der Waals surface area contributed by atoms with Gasteiger partial charge in [0.2, 0.25) is 5.91 Å². The molecule has 0 aliphatic heterocycles. The number of rotatable bonds is 5. The predicted molar refractivity (Wildman–Crippen MR) is 98.1 cm³/mol. The maximum atomic E-state index is 12.6. The number of carbonyl (C=O) groups excluding carboxylic acids is 2. The van der Waals surface area contributed by atoms with Crippen LogP contribution in [0.1, 0.15) is 17.5 Å². The van der Waals surface area contributed by atoms with Crippen LogP contribution in [0.15, 0.2) is 54.6 Å². The first-order valence-corrected chi connectivity index (χ1v) is 8.36. The smallest absolute Gasteiger partial charge is 0.380 e. The minimum absolute atomic E-state index is 0.000433. The van der Waals surface area contributed by atoms with Crippen molar-refractivity contribution in [2.45, 2.75) is 18.7 Å². The Bertz CT molecular complexity index is 969. The molecule has 148 valence electrons. The molecule has 2 rings (SSSR count). The van der Waals surface area contributed by atoms with Gasteiger partial charge in [-0.15, -0.1) is 0 Å². The molecule has 2 unspecified atom stereocenters. The van der Waals surface area contributed by atoms with Crippen molar-refractivity contribution in [1.29, 1.82) is 5.26 Å². The molecule has 29 heavy (non-hydrogen) atoms. The number of halogens is 3. The number of hydrogen-bond acceptors (Lipinski definition) is 4. The highest BCUT2D eigenvalue weighted by Crippen LogP contribution is 2.29. The summed E-state index contributed by atoms with van der Waals surface area (Å²) in [4.78, 5) is 24.3. The number of nitrogens with zero attached hydrogens (tertiary/aromatic N) is 1. The van der Waals surface area contributed by atoms with Gasteiger partial charge in [0.1, 0.15) is 6.10 Å². The lowest BCUT2D eigenvalue weighted by molar-refractivity contribution is -0.137. The molecule has 0 heterocycles. The Kier molecular flexibility index (Phi) is 7.13. The third-order valence-corrected chi connectivity index (χ3v) is 3.74. The maximum absolute atomic E-state index is 12.6. The highest BCUT2D eigenvalue weighted by Gasteiger charge is 2.31. The average Bonchev–Trinajstić information content (AvgIpc) is 2.67. The molecule has 1 amide bonds. The number of Topliss-reactive ketones (excluding diaryl/α,β-unsaturated/α-hetero) is 1. The van der Waals surface area contributed by atoms with Crippen LogP contribution in [-0.4, -0.2) is 22.9 Å². The normalized spacial score (nSPS) is 12.7. The summed E-state index contributed by atoms with van der Waals surface area (Å²) in [6, 6.07) is 13.8. The number of anilines is 1. The van der Waals surface area contributed by atoms with Crippen LogP contribution in [-0.2, 0) is 15.8 Å². The van der Waals surface area contributed by atoms with Crippen LogP contribution in [0.2, 0.25) is 0 Å². The molecule has 0 radical (unpaired) electrons. The number of ketones is 1. The van der Waals surface area contributed by atoms with E-state index in [4.69, 9.17) is 5.26 Å². The molecule has 0 aromatic heterocycles. The molecule has 0 aliphatic rings. The molecule has 2 N–H and O–H groups in total. The second-order valence-electron chi connectivity index (χ2n) is 5.95. The minimum Gasteiger partial charge on any atom is -0.380 e. The summed E-state index contributed by atoms with van der Waals surface area (Å²) < 4.78 is 37.7. The van der Waals surface area contributed by atoms with Gasteiger partial charge in [0.25, 0.3) is 0 Å². The third-order valence-electron chi connectivity index (χ3n) is 3.74. The molecule has 2 atom stereocenters. The SMILES string of the molecule is N#CC(C(=O)CC(O)C#Cc1ccccc1)C(=O)Nc1ccc(C(F)(F)F)cc1. The molecule has 0 bridgehead atoms. The van der Waals surface area contributed by atoms with Crippen LogP contribution >= 0.6 is 0 Å². The Balaban J connectivity index is 1.99. The lowest BCUT2D eigenvalue weighted by Gasteiger charge is -2.11. The van der Waals surface area contributed by atoms with Gasteiger partial charge in [-0.2, -0.15) is 18.4 Å². The third kappa shape index (κ3) is 6.49. The van der Waals surface area contributed by atoms with E-state index in [1.807, 2.05) is 0 Å². The molecule has 2 aromatic rings. The van der Waals surface area contributed by atoms with Crippen LogP contribution in [0, 0.1) is 29.1 Å². The summed E-state index contributed by atoms with van der Waals surface area (Å²) >= 11 is 0. The molecule has 2 aromatic carbocycles. The van der Waals surface area contributed by atoms with Crippen LogP contribution in [0.25, 0.3) is 0 Å². The Hall–Kier alpha value is -3.62. The van der Waals surface area contributed by atoms with Crippen LogP contribution in [0.4, 0.5) is 18.9 Å². The van der Waals surface area contributed by atoms with Crippen molar-refractivity contribution >= 4 is 17.4 Å². The topological polar surface area (TPSA) is 90.2 Å². The van der Waals surface area contributed by atoms with Crippen molar-refractivity contribution in [3.05, 3.63) is 65.7 Å². The van der Waals surface area contributed by atoms with E-state index in [-0.39, 0.29) is 5.69 Å². The largest absolute Gasteiger partial charge is 0.416 e. The number of aliphatic hydroxyl groups excluding tert-OH is 1. The fraction of sp³-hybridized carbons (Fsp3) is 0.190. The number of carbonyl (C=O) groups is 2. The minimum atomic E-state index is -4.52. The van der Waals surface area contributed by atoms with Crippen molar-refractivity contribution in [3.63, 3.8) is 0 Å². The predicted octanol–water partition coefficient (Wildman–Crippen LogP) is 3.16. The molecule has 8 heteroatoms. The van der Waals surface area contributed by atoms with Gasteiger partial charge in [0.15, 0.2) is 11.7 Å². The van der Waals surface area contributed by atoms with Gasteiger partial charge in [-0.3, -0.25) is 9.59 Å². The highest BCUT2D eigenvalue weighted by molar-refractivity contribution is 6.09. The molecular weight excluding hydrogens is 385 g/mol. The van der Waals surface area contributed by atoms with Gasteiger partial charge in [0.05, 0.1) is 11.6 Å². The summed E-state index contributed by atoms with van der Waals surface area (Å²) in [6.45, 7) is 0. The number of benzene rings is 2. The molecule has 0 saturated heterocycles. The first-order chi connectivity index (χ1) is 13.7. The van der Waals surface area contributed by atoms with E-state index in [2.05, 4.69) is 17.2 Å². The van der Waals surface area contributed by atoms with Crippen molar-refractivity contribution in [3.8, 4) is 17.9 Å². The number of aliphatic hydroxyl groups is 1. The maximum Gasteiger partial charge on any atom is 0.416 e. The Morgan fingerprint density at radius 1 is 1.07 bits per heavy atom. The zero-order valence-electron chi connectivity index (χ0n) is 14.9. The van der Waals surface area contributed by atoms with E-state index in [1.165, 1.54) is 6.07 Å². The quantitative estimate of drug-likeness (QED) is 0.596.